The molecule has 0 fully saturated rings. The van der Waals surface area contributed by atoms with Crippen LogP contribution in [0.2, 0.25) is 0 Å². The third kappa shape index (κ3) is 2.56. The molecule has 19 heavy (non-hydrogen) atoms. The van der Waals surface area contributed by atoms with Crippen molar-refractivity contribution in [2.45, 2.75) is 19.5 Å². The number of benzene rings is 2. The van der Waals surface area contributed by atoms with Gasteiger partial charge in [-0.1, -0.05) is 30.3 Å². The van der Waals surface area contributed by atoms with Crippen molar-refractivity contribution in [3.63, 3.8) is 0 Å². The molecule has 0 aliphatic carbocycles. The second-order valence-corrected chi connectivity index (χ2v) is 5.12. The van der Waals surface area contributed by atoms with Crippen molar-refractivity contribution in [3.05, 3.63) is 59.2 Å². The molecule has 3 rings (SSSR count). The van der Waals surface area contributed by atoms with Crippen LogP contribution < -0.4 is 5.73 Å². The van der Waals surface area contributed by atoms with E-state index in [4.69, 9.17) is 5.73 Å². The zero-order valence-corrected chi connectivity index (χ0v) is 10.8. The van der Waals surface area contributed by atoms with Crippen LogP contribution in [-0.2, 0) is 19.5 Å². The zero-order chi connectivity index (χ0) is 13.2. The average molecular weight is 254 g/mol. The van der Waals surface area contributed by atoms with Crippen molar-refractivity contribution in [3.8, 4) is 5.75 Å². The average Bonchev–Trinajstić information content (AvgIpc) is 2.43. The van der Waals surface area contributed by atoms with Gasteiger partial charge in [-0.2, -0.15) is 0 Å². The highest BCUT2D eigenvalue weighted by molar-refractivity contribution is 5.52. The van der Waals surface area contributed by atoms with Crippen molar-refractivity contribution in [2.24, 2.45) is 0 Å². The number of aromatic hydroxyl groups is 1. The van der Waals surface area contributed by atoms with E-state index in [1.165, 1.54) is 11.1 Å². The number of hydrogen-bond acceptors (Lipinski definition) is 3. The number of phenols is 1. The predicted octanol–water partition coefficient (Wildman–Crippen LogP) is 2.53. The van der Waals surface area contributed by atoms with Crippen molar-refractivity contribution < 1.29 is 5.11 Å². The fraction of sp³-hybridized carbons (Fsp3) is 0.250. The van der Waals surface area contributed by atoms with Crippen LogP contribution in [0.5, 0.6) is 5.75 Å². The van der Waals surface area contributed by atoms with Crippen LogP contribution in [-0.4, -0.2) is 16.6 Å². The smallest absolute Gasteiger partial charge is 0.138 e. The molecule has 3 N–H and O–H groups in total. The number of nitrogen functional groups attached to an aromatic ring is 1. The maximum absolute atomic E-state index is 9.64. The Labute approximate surface area is 113 Å². The number of anilines is 1. The highest BCUT2D eigenvalue weighted by Crippen LogP contribution is 2.24. The molecule has 2 aromatic rings. The molecule has 0 saturated heterocycles. The summed E-state index contributed by atoms with van der Waals surface area (Å²) in [7, 11) is 0. The molecule has 2 aromatic carbocycles. The van der Waals surface area contributed by atoms with Crippen LogP contribution >= 0.6 is 0 Å². The molecule has 1 aliphatic rings. The van der Waals surface area contributed by atoms with Gasteiger partial charge in [-0.05, 0) is 35.2 Å². The summed E-state index contributed by atoms with van der Waals surface area (Å²) in [5.41, 5.74) is 10.0. The van der Waals surface area contributed by atoms with Gasteiger partial charge in [-0.3, -0.25) is 4.90 Å². The molecular weight excluding hydrogens is 236 g/mol. The molecule has 98 valence electrons. The van der Waals surface area contributed by atoms with Gasteiger partial charge >= 0.3 is 0 Å². The Morgan fingerprint density at radius 1 is 1.11 bits per heavy atom. The molecule has 0 radical (unpaired) electrons. The molecular formula is C16H18N2O. The topological polar surface area (TPSA) is 49.5 Å². The second-order valence-electron chi connectivity index (χ2n) is 5.12. The van der Waals surface area contributed by atoms with Gasteiger partial charge < -0.3 is 10.8 Å². The first-order chi connectivity index (χ1) is 9.22. The van der Waals surface area contributed by atoms with Gasteiger partial charge in [0, 0.05) is 19.6 Å². The summed E-state index contributed by atoms with van der Waals surface area (Å²) < 4.78 is 0. The highest BCUT2D eigenvalue weighted by atomic mass is 16.3. The third-order valence-corrected chi connectivity index (χ3v) is 3.71. The first-order valence-electron chi connectivity index (χ1n) is 6.59. The largest absolute Gasteiger partial charge is 0.506 e. The Morgan fingerprint density at radius 3 is 2.68 bits per heavy atom. The van der Waals surface area contributed by atoms with Gasteiger partial charge in [-0.15, -0.1) is 0 Å². The summed E-state index contributed by atoms with van der Waals surface area (Å²) in [5, 5.41) is 9.64. The van der Waals surface area contributed by atoms with E-state index in [-0.39, 0.29) is 5.75 Å². The van der Waals surface area contributed by atoms with Gasteiger partial charge in [0.2, 0.25) is 0 Å². The van der Waals surface area contributed by atoms with Crippen LogP contribution in [0.1, 0.15) is 16.7 Å². The molecule has 0 amide bonds. The van der Waals surface area contributed by atoms with E-state index in [0.29, 0.717) is 5.69 Å². The predicted molar refractivity (Wildman–Crippen MR) is 76.8 cm³/mol. The summed E-state index contributed by atoms with van der Waals surface area (Å²) >= 11 is 0. The third-order valence-electron chi connectivity index (χ3n) is 3.71. The van der Waals surface area contributed by atoms with Crippen LogP contribution in [0.25, 0.3) is 0 Å². The Hall–Kier alpha value is -2.00. The number of rotatable bonds is 2. The van der Waals surface area contributed by atoms with Crippen molar-refractivity contribution in [1.82, 2.24) is 4.90 Å². The summed E-state index contributed by atoms with van der Waals surface area (Å²) in [6, 6.07) is 14.1. The number of hydrogen-bond donors (Lipinski definition) is 2. The van der Waals surface area contributed by atoms with Crippen molar-refractivity contribution >= 4 is 5.69 Å². The van der Waals surface area contributed by atoms with Gasteiger partial charge in [-0.25, -0.2) is 0 Å². The standard InChI is InChI=1S/C16H18N2O/c17-15-6-5-12(9-16(15)19)10-18-8-7-13-3-1-2-4-14(13)11-18/h1-6,9,19H,7-8,10-11,17H2. The van der Waals surface area contributed by atoms with Crippen molar-refractivity contribution in [2.75, 3.05) is 12.3 Å². The molecule has 0 unspecified atom stereocenters. The molecule has 0 spiro atoms. The van der Waals surface area contributed by atoms with E-state index in [1.54, 1.807) is 12.1 Å². The van der Waals surface area contributed by atoms with Crippen LogP contribution in [0.4, 0.5) is 5.69 Å². The highest BCUT2D eigenvalue weighted by Gasteiger charge is 2.15. The Morgan fingerprint density at radius 2 is 1.89 bits per heavy atom. The minimum absolute atomic E-state index is 0.176. The molecule has 3 nitrogen and oxygen atoms in total. The Balaban J connectivity index is 1.73. The lowest BCUT2D eigenvalue weighted by Gasteiger charge is -2.28. The second kappa shape index (κ2) is 4.94. The molecule has 0 atom stereocenters. The van der Waals surface area contributed by atoms with E-state index in [0.717, 1.165) is 31.6 Å². The molecule has 0 bridgehead atoms. The minimum atomic E-state index is 0.176. The Kier molecular flexibility index (Phi) is 3.13. The van der Waals surface area contributed by atoms with E-state index in [9.17, 15) is 5.11 Å². The summed E-state index contributed by atoms with van der Waals surface area (Å²) in [5.74, 6) is 0.176. The lowest BCUT2D eigenvalue weighted by Crippen LogP contribution is -2.29. The maximum atomic E-state index is 9.64. The molecule has 0 saturated carbocycles. The van der Waals surface area contributed by atoms with Crippen LogP contribution in [0.3, 0.4) is 0 Å². The van der Waals surface area contributed by atoms with Gasteiger partial charge in [0.25, 0.3) is 0 Å². The number of nitrogens with two attached hydrogens (primary N) is 1. The normalized spacial score (nSPS) is 15.2. The summed E-state index contributed by atoms with van der Waals surface area (Å²) in [4.78, 5) is 2.40. The lowest BCUT2D eigenvalue weighted by atomic mass is 9.99. The fourth-order valence-electron chi connectivity index (χ4n) is 2.63. The Bertz CT molecular complexity index is 595. The van der Waals surface area contributed by atoms with Crippen LogP contribution in [0.15, 0.2) is 42.5 Å². The minimum Gasteiger partial charge on any atom is -0.506 e. The molecule has 3 heteroatoms. The monoisotopic (exact) mass is 254 g/mol. The lowest BCUT2D eigenvalue weighted by molar-refractivity contribution is 0.245. The van der Waals surface area contributed by atoms with Gasteiger partial charge in [0.1, 0.15) is 5.75 Å². The number of nitrogens with zero attached hydrogens (tertiary/aromatic N) is 1. The molecule has 1 aliphatic heterocycles. The number of phenolic OH excluding ortho intramolecular Hbond substituents is 1. The van der Waals surface area contributed by atoms with Gasteiger partial charge in [0.05, 0.1) is 5.69 Å². The summed E-state index contributed by atoms with van der Waals surface area (Å²) in [6.45, 7) is 2.88. The van der Waals surface area contributed by atoms with E-state index in [1.807, 2.05) is 6.07 Å². The molecule has 1 heterocycles. The van der Waals surface area contributed by atoms with Crippen molar-refractivity contribution in [1.29, 1.82) is 0 Å². The first-order valence-corrected chi connectivity index (χ1v) is 6.59. The van der Waals surface area contributed by atoms with E-state index < -0.39 is 0 Å². The molecule has 0 aromatic heterocycles. The van der Waals surface area contributed by atoms with Gasteiger partial charge in [0.15, 0.2) is 0 Å². The van der Waals surface area contributed by atoms with E-state index >= 15 is 0 Å². The quantitative estimate of drug-likeness (QED) is 0.639. The van der Waals surface area contributed by atoms with E-state index in [2.05, 4.69) is 29.2 Å². The maximum Gasteiger partial charge on any atom is 0.138 e. The SMILES string of the molecule is Nc1ccc(CN2CCc3ccccc3C2)cc1O. The zero-order valence-electron chi connectivity index (χ0n) is 10.8. The fourth-order valence-corrected chi connectivity index (χ4v) is 2.63. The summed E-state index contributed by atoms with van der Waals surface area (Å²) in [6.07, 6.45) is 1.09. The number of fused-ring (bicyclic) bond motifs is 1. The first kappa shape index (κ1) is 12.1. The van der Waals surface area contributed by atoms with Crippen LogP contribution in [0, 0.1) is 0 Å².